The van der Waals surface area contributed by atoms with Gasteiger partial charge >= 0.3 is 12.2 Å². The number of nitrogens with one attached hydrogen (secondary N) is 1. The van der Waals surface area contributed by atoms with E-state index in [4.69, 9.17) is 30.8 Å². The molecule has 3 aromatic carbocycles. The molecule has 15 heteroatoms. The van der Waals surface area contributed by atoms with E-state index in [1.807, 2.05) is 36.2 Å². The quantitative estimate of drug-likeness (QED) is 0.0852. The number of hydrogen-bond donors (Lipinski definition) is 1. The molecule has 2 aromatic heterocycles. The second-order valence-electron chi connectivity index (χ2n) is 13.2. The molecule has 4 atom stereocenters. The molecule has 2 unspecified atom stereocenters. The van der Waals surface area contributed by atoms with Crippen LogP contribution in [0.4, 0.5) is 20.7 Å². The summed E-state index contributed by atoms with van der Waals surface area (Å²) in [4.78, 5) is 41.0. The number of benzene rings is 3. The van der Waals surface area contributed by atoms with Crippen LogP contribution in [0.5, 0.6) is 11.8 Å². The molecule has 2 bridgehead atoms. The highest BCUT2D eigenvalue weighted by atomic mass is 35.5. The highest BCUT2D eigenvalue weighted by Crippen LogP contribution is 2.38. The van der Waals surface area contributed by atoms with E-state index in [-0.39, 0.29) is 41.3 Å². The molecular weight excluding hydrogens is 681 g/mol. The van der Waals surface area contributed by atoms with Crippen LogP contribution in [0.3, 0.4) is 0 Å². The zero-order valence-electron chi connectivity index (χ0n) is 27.5. The van der Waals surface area contributed by atoms with Crippen LogP contribution in [0.1, 0.15) is 19.3 Å². The van der Waals surface area contributed by atoms with E-state index in [0.717, 1.165) is 18.2 Å². The number of fused-ring (bicyclic) bond motifs is 4. The number of aromatic nitrogens is 3. The number of rotatable bonds is 8. The van der Waals surface area contributed by atoms with Gasteiger partial charge in [-0.25, -0.2) is 9.18 Å². The van der Waals surface area contributed by atoms with E-state index in [9.17, 15) is 14.9 Å². The van der Waals surface area contributed by atoms with E-state index >= 15 is 4.39 Å². The summed E-state index contributed by atoms with van der Waals surface area (Å²) in [6.07, 6.45) is 2.79. The van der Waals surface area contributed by atoms with Crippen LogP contribution in [-0.4, -0.2) is 88.4 Å². The SMILES string of the molecule is CN1CC(OC(=O)Oc2ccc([N+](=O)[O-])cc2)CC1COc1nc(N2C[C@H]3CC[C@@H](C2)N3)c2cnc(-c3cccc4cccc(Cl)c34)c(F)c2n1. The molecule has 0 radical (unpaired) electrons. The number of carbonyl (C=O) groups is 1. The molecule has 8 rings (SSSR count). The Balaban J connectivity index is 1.04. The third kappa shape index (κ3) is 6.57. The van der Waals surface area contributed by atoms with Crippen molar-refractivity contribution < 1.29 is 28.3 Å². The molecule has 0 spiro atoms. The number of nitro benzene ring substituents is 1. The fourth-order valence-corrected chi connectivity index (χ4v) is 7.63. The lowest BCUT2D eigenvalue weighted by atomic mass is 10.0. The van der Waals surface area contributed by atoms with Crippen molar-refractivity contribution in [3.05, 3.63) is 87.8 Å². The average Bonchev–Trinajstić information content (AvgIpc) is 3.65. The number of nitrogens with zero attached hydrogens (tertiary/aromatic N) is 6. The van der Waals surface area contributed by atoms with Crippen LogP contribution >= 0.6 is 11.6 Å². The van der Waals surface area contributed by atoms with E-state index in [0.29, 0.717) is 65.3 Å². The second kappa shape index (κ2) is 13.5. The number of anilines is 1. The third-order valence-electron chi connectivity index (χ3n) is 9.83. The maximum absolute atomic E-state index is 16.7. The molecular formula is C36H33ClFN7O6. The van der Waals surface area contributed by atoms with Gasteiger partial charge in [0.25, 0.3) is 5.69 Å². The van der Waals surface area contributed by atoms with Gasteiger partial charge in [-0.15, -0.1) is 0 Å². The van der Waals surface area contributed by atoms with Gasteiger partial charge in [-0.05, 0) is 43.5 Å². The van der Waals surface area contributed by atoms with Crippen LogP contribution in [0.15, 0.2) is 66.9 Å². The minimum absolute atomic E-state index is 0.0331. The van der Waals surface area contributed by atoms with Crippen molar-refractivity contribution in [1.82, 2.24) is 25.2 Å². The van der Waals surface area contributed by atoms with Gasteiger partial charge in [-0.3, -0.25) is 20.0 Å². The molecule has 0 saturated carbocycles. The molecule has 262 valence electrons. The summed E-state index contributed by atoms with van der Waals surface area (Å²) >= 11 is 6.60. The lowest BCUT2D eigenvalue weighted by molar-refractivity contribution is -0.384. The van der Waals surface area contributed by atoms with Gasteiger partial charge in [0.15, 0.2) is 5.82 Å². The van der Waals surface area contributed by atoms with Crippen molar-refractivity contribution in [2.24, 2.45) is 0 Å². The van der Waals surface area contributed by atoms with Crippen LogP contribution in [0, 0.1) is 15.9 Å². The Morgan fingerprint density at radius 1 is 1.06 bits per heavy atom. The van der Waals surface area contributed by atoms with E-state index in [2.05, 4.69) is 20.2 Å². The number of nitro groups is 1. The molecule has 51 heavy (non-hydrogen) atoms. The summed E-state index contributed by atoms with van der Waals surface area (Å²) < 4.78 is 33.7. The zero-order valence-corrected chi connectivity index (χ0v) is 28.3. The monoisotopic (exact) mass is 713 g/mol. The number of ether oxygens (including phenoxy) is 3. The Labute approximate surface area is 296 Å². The summed E-state index contributed by atoms with van der Waals surface area (Å²) in [5, 5.41) is 17.1. The Morgan fingerprint density at radius 2 is 1.80 bits per heavy atom. The van der Waals surface area contributed by atoms with Crippen molar-refractivity contribution in [3.8, 4) is 23.0 Å². The van der Waals surface area contributed by atoms with Gasteiger partial charge < -0.3 is 24.4 Å². The number of halogens is 2. The van der Waals surface area contributed by atoms with Crippen molar-refractivity contribution in [3.63, 3.8) is 0 Å². The Hall–Kier alpha value is -5.18. The number of likely N-dealkylation sites (tertiary alicyclic amines) is 1. The van der Waals surface area contributed by atoms with Gasteiger partial charge in [0.1, 0.15) is 35.5 Å². The molecule has 5 aromatic rings. The summed E-state index contributed by atoms with van der Waals surface area (Å²) in [7, 11) is 1.88. The molecule has 3 aliphatic heterocycles. The van der Waals surface area contributed by atoms with Crippen LogP contribution < -0.4 is 19.7 Å². The van der Waals surface area contributed by atoms with E-state index < -0.39 is 23.0 Å². The van der Waals surface area contributed by atoms with Gasteiger partial charge in [-0.2, -0.15) is 9.97 Å². The van der Waals surface area contributed by atoms with Crippen molar-refractivity contribution >= 4 is 50.9 Å². The Bertz CT molecular complexity index is 2140. The van der Waals surface area contributed by atoms with Crippen molar-refractivity contribution in [2.45, 2.75) is 43.5 Å². The fourth-order valence-electron chi connectivity index (χ4n) is 7.35. The zero-order chi connectivity index (χ0) is 35.2. The Kier molecular flexibility index (Phi) is 8.74. The minimum Gasteiger partial charge on any atom is -0.462 e. The van der Waals surface area contributed by atoms with Gasteiger partial charge in [-0.1, -0.05) is 41.9 Å². The summed E-state index contributed by atoms with van der Waals surface area (Å²) in [6.45, 7) is 2.01. The molecule has 3 aliphatic rings. The summed E-state index contributed by atoms with van der Waals surface area (Å²) in [5.41, 5.74) is 0.678. The topological polar surface area (TPSA) is 145 Å². The maximum Gasteiger partial charge on any atom is 0.514 e. The summed E-state index contributed by atoms with van der Waals surface area (Å²) in [6, 6.07) is 16.8. The number of piperazine rings is 1. The number of carbonyl (C=O) groups excluding carboxylic acids is 1. The predicted molar refractivity (Wildman–Crippen MR) is 188 cm³/mol. The number of likely N-dealkylation sites (N-methyl/N-ethyl adjacent to an activating group) is 1. The van der Waals surface area contributed by atoms with Gasteiger partial charge in [0, 0.05) is 78.5 Å². The van der Waals surface area contributed by atoms with Gasteiger partial charge in [0.05, 0.1) is 10.3 Å². The van der Waals surface area contributed by atoms with Gasteiger partial charge in [0.2, 0.25) is 0 Å². The highest BCUT2D eigenvalue weighted by molar-refractivity contribution is 6.36. The molecule has 1 N–H and O–H groups in total. The van der Waals surface area contributed by atoms with Crippen LogP contribution in [-0.2, 0) is 4.74 Å². The minimum atomic E-state index is -0.913. The van der Waals surface area contributed by atoms with E-state index in [1.54, 1.807) is 18.3 Å². The number of non-ortho nitro benzene ring substituents is 1. The number of hydrogen-bond acceptors (Lipinski definition) is 12. The lowest BCUT2D eigenvalue weighted by Gasteiger charge is -2.34. The van der Waals surface area contributed by atoms with Crippen LogP contribution in [0.2, 0.25) is 5.02 Å². The standard InChI is InChI=1S/C36H33ClFN7O6/c1-43-18-26(51-36(46)50-25-12-10-23(11-13-25)45(47)48)14-24(43)19-49-35-41-33-28(34(42-35)44-16-21-8-9-22(17-44)40-21)15-39-32(31(33)38)27-6-2-4-20-5-3-7-29(37)30(20)27/h2-7,10-13,15,21-22,24,26,40H,8-9,14,16-19H2,1H3/t21-,22+,24?,26?. The fraction of sp³-hybridized carbons (Fsp3) is 0.333. The molecule has 5 heterocycles. The predicted octanol–water partition coefficient (Wildman–Crippen LogP) is 6.15. The summed E-state index contributed by atoms with van der Waals surface area (Å²) in [5.74, 6) is 0.106. The van der Waals surface area contributed by atoms with Crippen LogP contribution in [0.25, 0.3) is 32.9 Å². The first kappa shape index (κ1) is 33.0. The van der Waals surface area contributed by atoms with E-state index in [1.165, 1.54) is 24.3 Å². The van der Waals surface area contributed by atoms with Crippen molar-refractivity contribution in [2.75, 3.05) is 38.2 Å². The average molecular weight is 714 g/mol. The number of pyridine rings is 1. The maximum atomic E-state index is 16.7. The molecule has 3 fully saturated rings. The Morgan fingerprint density at radius 3 is 2.55 bits per heavy atom. The lowest BCUT2D eigenvalue weighted by Crippen LogP contribution is -2.51. The third-order valence-corrected chi connectivity index (χ3v) is 10.1. The first-order valence-electron chi connectivity index (χ1n) is 16.7. The molecule has 3 saturated heterocycles. The first-order valence-corrected chi connectivity index (χ1v) is 17.1. The largest absolute Gasteiger partial charge is 0.514 e. The molecule has 0 aliphatic carbocycles. The normalized spacial score (nSPS) is 21.7. The highest BCUT2D eigenvalue weighted by Gasteiger charge is 2.36. The molecule has 13 nitrogen and oxygen atoms in total. The molecule has 0 amide bonds. The van der Waals surface area contributed by atoms with Crippen molar-refractivity contribution in [1.29, 1.82) is 0 Å². The first-order chi connectivity index (χ1) is 24.7. The second-order valence-corrected chi connectivity index (χ2v) is 13.6. The smallest absolute Gasteiger partial charge is 0.462 e.